The number of halogens is 1. The van der Waals surface area contributed by atoms with Gasteiger partial charge in [0, 0.05) is 31.2 Å². The van der Waals surface area contributed by atoms with Gasteiger partial charge in [0.2, 0.25) is 15.9 Å². The molecule has 1 aliphatic rings. The van der Waals surface area contributed by atoms with Gasteiger partial charge in [0.05, 0.1) is 21.6 Å². The van der Waals surface area contributed by atoms with Crippen LogP contribution in [0.15, 0.2) is 53.1 Å². The fourth-order valence-corrected chi connectivity index (χ4v) is 5.30. The predicted molar refractivity (Wildman–Crippen MR) is 104 cm³/mol. The van der Waals surface area contributed by atoms with Gasteiger partial charge in [0.1, 0.15) is 11.1 Å². The van der Waals surface area contributed by atoms with Gasteiger partial charge in [-0.05, 0) is 36.8 Å². The maximum atomic E-state index is 14.7. The first-order chi connectivity index (χ1) is 13.4. The van der Waals surface area contributed by atoms with Gasteiger partial charge in [-0.3, -0.25) is 9.78 Å². The van der Waals surface area contributed by atoms with E-state index in [1.54, 1.807) is 17.6 Å². The number of nitrogens with zero attached hydrogens (tertiary/aromatic N) is 3. The zero-order valence-corrected chi connectivity index (χ0v) is 16.3. The van der Waals surface area contributed by atoms with Crippen molar-refractivity contribution in [2.75, 3.05) is 18.4 Å². The predicted octanol–water partition coefficient (Wildman–Crippen LogP) is 2.68. The number of piperidine rings is 1. The van der Waals surface area contributed by atoms with Gasteiger partial charge in [-0.1, -0.05) is 0 Å². The Hall–Kier alpha value is -2.43. The summed E-state index contributed by atoms with van der Waals surface area (Å²) in [5.74, 6) is -1.37. The van der Waals surface area contributed by atoms with Gasteiger partial charge >= 0.3 is 0 Å². The SMILES string of the molecule is O=C(Nc1ccc2scnc2c1)[C@H]1CCN(S(=O)(=O)c2cccnc2)C[C@H]1F. The van der Waals surface area contributed by atoms with Gasteiger partial charge in [0.25, 0.3) is 0 Å². The van der Waals surface area contributed by atoms with Crippen LogP contribution in [0.1, 0.15) is 6.42 Å². The van der Waals surface area contributed by atoms with Crippen molar-refractivity contribution in [2.45, 2.75) is 17.5 Å². The van der Waals surface area contributed by atoms with E-state index in [9.17, 15) is 17.6 Å². The zero-order chi connectivity index (χ0) is 19.7. The summed E-state index contributed by atoms with van der Waals surface area (Å²) in [5, 5.41) is 2.72. The van der Waals surface area contributed by atoms with Crippen LogP contribution in [0.3, 0.4) is 0 Å². The molecule has 0 radical (unpaired) electrons. The highest BCUT2D eigenvalue weighted by atomic mass is 32.2. The highest BCUT2D eigenvalue weighted by molar-refractivity contribution is 7.89. The maximum Gasteiger partial charge on any atom is 0.244 e. The Kier molecular flexibility index (Phi) is 5.09. The number of alkyl halides is 1. The van der Waals surface area contributed by atoms with Crippen LogP contribution in [-0.2, 0) is 14.8 Å². The molecule has 1 fully saturated rings. The average Bonchev–Trinajstić information content (AvgIpc) is 3.16. The number of sulfonamides is 1. The Labute approximate surface area is 165 Å². The molecule has 2 aromatic heterocycles. The number of rotatable bonds is 4. The van der Waals surface area contributed by atoms with Crippen LogP contribution in [0.2, 0.25) is 0 Å². The first-order valence-electron chi connectivity index (χ1n) is 8.63. The highest BCUT2D eigenvalue weighted by Gasteiger charge is 2.39. The summed E-state index contributed by atoms with van der Waals surface area (Å²) in [6.07, 6.45) is 1.21. The number of benzene rings is 1. The second-order valence-electron chi connectivity index (χ2n) is 6.49. The van der Waals surface area contributed by atoms with Crippen molar-refractivity contribution in [3.63, 3.8) is 0 Å². The minimum atomic E-state index is -3.83. The summed E-state index contributed by atoms with van der Waals surface area (Å²) in [6, 6.07) is 8.26. The molecule has 1 aromatic carbocycles. The molecule has 146 valence electrons. The number of amides is 1. The second-order valence-corrected chi connectivity index (χ2v) is 9.31. The van der Waals surface area contributed by atoms with Crippen molar-refractivity contribution >= 4 is 43.2 Å². The van der Waals surface area contributed by atoms with Crippen LogP contribution in [-0.4, -0.2) is 47.9 Å². The van der Waals surface area contributed by atoms with Crippen molar-refractivity contribution in [2.24, 2.45) is 5.92 Å². The number of hydrogen-bond acceptors (Lipinski definition) is 6. The Morgan fingerprint density at radius 2 is 2.18 bits per heavy atom. The van der Waals surface area contributed by atoms with Gasteiger partial charge in [-0.15, -0.1) is 11.3 Å². The van der Waals surface area contributed by atoms with E-state index in [-0.39, 0.29) is 24.4 Å². The number of anilines is 1. The standard InChI is InChI=1S/C18H17FN4O3S2/c19-15-10-23(28(25,26)13-2-1-6-20-9-13)7-5-14(15)18(24)22-12-3-4-17-16(8-12)21-11-27-17/h1-4,6,8-9,11,14-15H,5,7,10H2,(H,22,24)/t14-,15+/m0/s1. The molecule has 0 unspecified atom stereocenters. The first kappa shape index (κ1) is 18.9. The molecule has 1 aliphatic heterocycles. The molecule has 0 saturated carbocycles. The Balaban J connectivity index is 1.44. The van der Waals surface area contributed by atoms with E-state index in [0.29, 0.717) is 5.69 Å². The molecular weight excluding hydrogens is 403 g/mol. The quantitative estimate of drug-likeness (QED) is 0.701. The van der Waals surface area contributed by atoms with Crippen molar-refractivity contribution in [3.05, 3.63) is 48.2 Å². The summed E-state index contributed by atoms with van der Waals surface area (Å²) in [6.45, 7) is -0.290. The number of pyridine rings is 1. The van der Waals surface area contributed by atoms with Crippen LogP contribution in [0.4, 0.5) is 10.1 Å². The number of aromatic nitrogens is 2. The number of nitrogens with one attached hydrogen (secondary N) is 1. The molecule has 3 heterocycles. The lowest BCUT2D eigenvalue weighted by molar-refractivity contribution is -0.123. The third kappa shape index (κ3) is 3.62. The molecule has 1 saturated heterocycles. The normalized spacial score (nSPS) is 20.9. The summed E-state index contributed by atoms with van der Waals surface area (Å²) >= 11 is 1.49. The average molecular weight is 420 g/mol. The van der Waals surface area contributed by atoms with Crippen LogP contribution in [0.5, 0.6) is 0 Å². The molecule has 0 bridgehead atoms. The fraction of sp³-hybridized carbons (Fsp3) is 0.278. The summed E-state index contributed by atoms with van der Waals surface area (Å²) in [4.78, 5) is 20.5. The largest absolute Gasteiger partial charge is 0.326 e. The number of hydrogen-bond donors (Lipinski definition) is 1. The van der Waals surface area contributed by atoms with E-state index >= 15 is 0 Å². The van der Waals surface area contributed by atoms with E-state index in [0.717, 1.165) is 14.5 Å². The van der Waals surface area contributed by atoms with Crippen LogP contribution in [0.25, 0.3) is 10.2 Å². The third-order valence-electron chi connectivity index (χ3n) is 4.71. The van der Waals surface area contributed by atoms with Crippen molar-refractivity contribution in [1.82, 2.24) is 14.3 Å². The van der Waals surface area contributed by atoms with Crippen LogP contribution < -0.4 is 5.32 Å². The summed E-state index contributed by atoms with van der Waals surface area (Å²) in [7, 11) is -3.83. The summed E-state index contributed by atoms with van der Waals surface area (Å²) < 4.78 is 42.0. The Bertz CT molecular complexity index is 1100. The molecule has 0 aliphatic carbocycles. The monoisotopic (exact) mass is 420 g/mol. The molecule has 28 heavy (non-hydrogen) atoms. The van der Waals surface area contributed by atoms with E-state index in [4.69, 9.17) is 0 Å². The van der Waals surface area contributed by atoms with E-state index in [1.807, 2.05) is 6.07 Å². The first-order valence-corrected chi connectivity index (χ1v) is 11.0. The Morgan fingerprint density at radius 3 is 2.93 bits per heavy atom. The molecule has 1 amide bonds. The van der Waals surface area contributed by atoms with Gasteiger partial charge in [-0.2, -0.15) is 4.31 Å². The van der Waals surface area contributed by atoms with Crippen molar-refractivity contribution < 1.29 is 17.6 Å². The van der Waals surface area contributed by atoms with E-state index in [1.165, 1.54) is 35.9 Å². The lowest BCUT2D eigenvalue weighted by Crippen LogP contribution is -2.48. The molecule has 2 atom stereocenters. The van der Waals surface area contributed by atoms with Gasteiger partial charge < -0.3 is 5.32 Å². The zero-order valence-electron chi connectivity index (χ0n) is 14.7. The smallest absolute Gasteiger partial charge is 0.244 e. The van der Waals surface area contributed by atoms with Crippen LogP contribution >= 0.6 is 11.3 Å². The molecule has 0 spiro atoms. The maximum absolute atomic E-state index is 14.7. The second kappa shape index (κ2) is 7.53. The van der Waals surface area contributed by atoms with Crippen molar-refractivity contribution in [1.29, 1.82) is 0 Å². The molecular formula is C18H17FN4O3S2. The molecule has 3 aromatic rings. The number of carbonyl (C=O) groups excluding carboxylic acids is 1. The van der Waals surface area contributed by atoms with Crippen molar-refractivity contribution in [3.8, 4) is 0 Å². The topological polar surface area (TPSA) is 92.3 Å². The minimum absolute atomic E-state index is 0.0154. The van der Waals surface area contributed by atoms with E-state index < -0.39 is 28.0 Å². The Morgan fingerprint density at radius 1 is 1.32 bits per heavy atom. The minimum Gasteiger partial charge on any atom is -0.326 e. The molecule has 1 N–H and O–H groups in total. The number of thiazole rings is 1. The lowest BCUT2D eigenvalue weighted by atomic mass is 9.95. The third-order valence-corrected chi connectivity index (χ3v) is 7.37. The molecule has 10 heteroatoms. The molecule has 7 nitrogen and oxygen atoms in total. The highest BCUT2D eigenvalue weighted by Crippen LogP contribution is 2.28. The fourth-order valence-electron chi connectivity index (χ4n) is 3.21. The van der Waals surface area contributed by atoms with Crippen LogP contribution in [0, 0.1) is 5.92 Å². The number of carbonyl (C=O) groups is 1. The summed E-state index contributed by atoms with van der Waals surface area (Å²) in [5.41, 5.74) is 3.02. The van der Waals surface area contributed by atoms with Gasteiger partial charge in [0.15, 0.2) is 0 Å². The number of fused-ring (bicyclic) bond motifs is 1. The molecule has 4 rings (SSSR count). The van der Waals surface area contributed by atoms with E-state index in [2.05, 4.69) is 15.3 Å². The lowest BCUT2D eigenvalue weighted by Gasteiger charge is -2.33. The van der Waals surface area contributed by atoms with Gasteiger partial charge in [-0.25, -0.2) is 17.8 Å².